The molecule has 0 N–H and O–H groups in total. The number of rotatable bonds is 2. The normalized spacial score (nSPS) is 28.1. The number of imide groups is 1. The lowest BCUT2D eigenvalue weighted by atomic mass is 9.90. The molecule has 0 saturated carbocycles. The Morgan fingerprint density at radius 2 is 1.30 bits per heavy atom. The molecule has 0 aliphatic carbocycles. The monoisotopic (exact) mass is 401 g/mol. The van der Waals surface area contributed by atoms with Gasteiger partial charge in [0.1, 0.15) is 6.04 Å². The molecule has 2 aromatic rings. The summed E-state index contributed by atoms with van der Waals surface area (Å²) in [7, 11) is 0. The number of nitrogens with zero attached hydrogens (tertiary/aromatic N) is 3. The first-order chi connectivity index (χ1) is 13.1. The van der Waals surface area contributed by atoms with Crippen LogP contribution < -0.4 is 4.90 Å². The summed E-state index contributed by atoms with van der Waals surface area (Å²) in [6.07, 6.45) is 0.982. The van der Waals surface area contributed by atoms with Gasteiger partial charge in [0.2, 0.25) is 5.91 Å². The average molecular weight is 402 g/mol. The molecule has 3 fully saturated rings. The van der Waals surface area contributed by atoms with E-state index >= 15 is 0 Å². The standard InChI is InChI=1S/C20H17Cl2N3O2/c21-13-4-2-12(3-5-13)17-16-18(24-11-1-10-23(17)24)20(27)25(19(16)26)15-8-6-14(22)7-9-15/h2-9,16-18H,1,10-11H2/t16-,17-,18+/m1/s1. The van der Waals surface area contributed by atoms with E-state index in [9.17, 15) is 9.59 Å². The second-order valence-electron chi connectivity index (χ2n) is 7.14. The lowest BCUT2D eigenvalue weighted by Crippen LogP contribution is -2.44. The molecule has 27 heavy (non-hydrogen) atoms. The van der Waals surface area contributed by atoms with Crippen molar-refractivity contribution in [2.75, 3.05) is 18.0 Å². The Bertz CT molecular complexity index is 916. The molecular weight excluding hydrogens is 385 g/mol. The average Bonchev–Trinajstić information content (AvgIpc) is 3.30. The summed E-state index contributed by atoms with van der Waals surface area (Å²) in [6.45, 7) is 1.64. The van der Waals surface area contributed by atoms with Gasteiger partial charge < -0.3 is 0 Å². The number of hydrazine groups is 1. The first-order valence-electron chi connectivity index (χ1n) is 8.98. The van der Waals surface area contributed by atoms with E-state index in [1.807, 2.05) is 24.3 Å². The van der Waals surface area contributed by atoms with Gasteiger partial charge in [0.05, 0.1) is 17.6 Å². The highest BCUT2D eigenvalue weighted by molar-refractivity contribution is 6.31. The Kier molecular flexibility index (Phi) is 4.02. The zero-order chi connectivity index (χ0) is 18.7. The third kappa shape index (κ3) is 2.53. The highest BCUT2D eigenvalue weighted by atomic mass is 35.5. The van der Waals surface area contributed by atoms with Crippen LogP contribution in [0.4, 0.5) is 5.69 Å². The molecule has 0 radical (unpaired) electrons. The van der Waals surface area contributed by atoms with Gasteiger partial charge in [0, 0.05) is 23.1 Å². The lowest BCUT2D eigenvalue weighted by molar-refractivity contribution is -0.126. The van der Waals surface area contributed by atoms with Gasteiger partial charge in [-0.3, -0.25) is 9.59 Å². The number of amides is 2. The maximum absolute atomic E-state index is 13.4. The first-order valence-corrected chi connectivity index (χ1v) is 9.74. The van der Waals surface area contributed by atoms with Crippen molar-refractivity contribution in [1.82, 2.24) is 10.0 Å². The first kappa shape index (κ1) is 17.2. The van der Waals surface area contributed by atoms with Gasteiger partial charge in [0.15, 0.2) is 0 Å². The van der Waals surface area contributed by atoms with Crippen LogP contribution in [0, 0.1) is 5.92 Å². The largest absolute Gasteiger partial charge is 0.274 e. The Hall–Kier alpha value is -1.92. The van der Waals surface area contributed by atoms with Gasteiger partial charge in [-0.25, -0.2) is 14.9 Å². The number of halogens is 2. The molecule has 2 amide bonds. The van der Waals surface area contributed by atoms with Crippen molar-refractivity contribution >= 4 is 40.7 Å². The van der Waals surface area contributed by atoms with E-state index in [-0.39, 0.29) is 17.9 Å². The fourth-order valence-electron chi connectivity index (χ4n) is 4.62. The smallest absolute Gasteiger partial charge is 0.253 e. The number of hydrogen-bond donors (Lipinski definition) is 0. The molecule has 3 aliphatic rings. The predicted molar refractivity (Wildman–Crippen MR) is 103 cm³/mol. The summed E-state index contributed by atoms with van der Waals surface area (Å²) >= 11 is 12.0. The zero-order valence-corrected chi connectivity index (χ0v) is 15.9. The maximum atomic E-state index is 13.4. The highest BCUT2D eigenvalue weighted by Crippen LogP contribution is 2.49. The minimum absolute atomic E-state index is 0.150. The van der Waals surface area contributed by atoms with E-state index in [0.717, 1.165) is 25.1 Å². The van der Waals surface area contributed by atoms with Gasteiger partial charge >= 0.3 is 0 Å². The van der Waals surface area contributed by atoms with Crippen LogP contribution in [0.25, 0.3) is 0 Å². The van der Waals surface area contributed by atoms with Crippen molar-refractivity contribution in [3.8, 4) is 0 Å². The second kappa shape index (κ2) is 6.31. The molecule has 3 heterocycles. The van der Waals surface area contributed by atoms with E-state index < -0.39 is 12.0 Å². The molecule has 138 valence electrons. The maximum Gasteiger partial charge on any atom is 0.253 e. The molecule has 0 bridgehead atoms. The summed E-state index contributed by atoms with van der Waals surface area (Å²) in [5.74, 6) is -0.730. The van der Waals surface area contributed by atoms with E-state index in [1.54, 1.807) is 24.3 Å². The van der Waals surface area contributed by atoms with Gasteiger partial charge in [0.25, 0.3) is 5.91 Å². The SMILES string of the molecule is O=C1[C@H]2[C@@H](C(=O)N1c1ccc(Cl)cc1)N1CCCN1[C@@H]2c1ccc(Cl)cc1. The minimum Gasteiger partial charge on any atom is -0.274 e. The van der Waals surface area contributed by atoms with E-state index in [0.29, 0.717) is 15.7 Å². The molecule has 3 aliphatic heterocycles. The van der Waals surface area contributed by atoms with Crippen LogP contribution in [0.1, 0.15) is 18.0 Å². The Morgan fingerprint density at radius 1 is 0.741 bits per heavy atom. The summed E-state index contributed by atoms with van der Waals surface area (Å²) in [6, 6.07) is 13.8. The van der Waals surface area contributed by atoms with Crippen LogP contribution in [-0.4, -0.2) is 41.0 Å². The molecule has 0 aromatic heterocycles. The number of anilines is 1. The van der Waals surface area contributed by atoms with Gasteiger partial charge in [-0.2, -0.15) is 0 Å². The van der Waals surface area contributed by atoms with Crippen LogP contribution in [0.5, 0.6) is 0 Å². The topological polar surface area (TPSA) is 43.9 Å². The third-order valence-electron chi connectivity index (χ3n) is 5.70. The molecule has 0 spiro atoms. The number of carbonyl (C=O) groups is 2. The fraction of sp³-hybridized carbons (Fsp3) is 0.300. The van der Waals surface area contributed by atoms with Crippen molar-refractivity contribution in [2.45, 2.75) is 18.5 Å². The lowest BCUT2D eigenvalue weighted by Gasteiger charge is -2.29. The number of benzene rings is 2. The summed E-state index contributed by atoms with van der Waals surface area (Å²) in [4.78, 5) is 27.9. The molecule has 5 rings (SSSR count). The van der Waals surface area contributed by atoms with Crippen molar-refractivity contribution in [3.63, 3.8) is 0 Å². The molecule has 7 heteroatoms. The van der Waals surface area contributed by atoms with Crippen LogP contribution in [-0.2, 0) is 9.59 Å². The van der Waals surface area contributed by atoms with Crippen molar-refractivity contribution in [3.05, 3.63) is 64.1 Å². The molecule has 3 atom stereocenters. The minimum atomic E-state index is -0.448. The van der Waals surface area contributed by atoms with E-state index in [4.69, 9.17) is 23.2 Å². The van der Waals surface area contributed by atoms with Crippen LogP contribution in [0.15, 0.2) is 48.5 Å². The van der Waals surface area contributed by atoms with Gasteiger partial charge in [-0.05, 0) is 48.4 Å². The Labute approximate surface area is 167 Å². The molecular formula is C20H17Cl2N3O2. The third-order valence-corrected chi connectivity index (χ3v) is 6.21. The zero-order valence-electron chi connectivity index (χ0n) is 14.4. The van der Waals surface area contributed by atoms with Crippen molar-refractivity contribution in [1.29, 1.82) is 0 Å². The second-order valence-corrected chi connectivity index (χ2v) is 8.01. The highest BCUT2D eigenvalue weighted by Gasteiger charge is 2.62. The summed E-state index contributed by atoms with van der Waals surface area (Å²) < 4.78 is 0. The summed E-state index contributed by atoms with van der Waals surface area (Å²) in [5.41, 5.74) is 1.59. The number of carbonyl (C=O) groups excluding carboxylic acids is 2. The Morgan fingerprint density at radius 3 is 1.93 bits per heavy atom. The summed E-state index contributed by atoms with van der Waals surface area (Å²) in [5, 5.41) is 5.50. The quantitative estimate of drug-likeness (QED) is 0.721. The van der Waals surface area contributed by atoms with Crippen LogP contribution >= 0.6 is 23.2 Å². The van der Waals surface area contributed by atoms with Crippen molar-refractivity contribution < 1.29 is 9.59 Å². The van der Waals surface area contributed by atoms with E-state index in [1.165, 1.54) is 4.90 Å². The van der Waals surface area contributed by atoms with Crippen LogP contribution in [0.2, 0.25) is 10.0 Å². The van der Waals surface area contributed by atoms with E-state index in [2.05, 4.69) is 10.0 Å². The number of fused-ring (bicyclic) bond motifs is 3. The molecule has 3 saturated heterocycles. The van der Waals surface area contributed by atoms with Crippen LogP contribution in [0.3, 0.4) is 0 Å². The van der Waals surface area contributed by atoms with Gasteiger partial charge in [-0.15, -0.1) is 0 Å². The molecule has 0 unspecified atom stereocenters. The van der Waals surface area contributed by atoms with Gasteiger partial charge in [-0.1, -0.05) is 35.3 Å². The molecule has 2 aromatic carbocycles. The molecule has 5 nitrogen and oxygen atoms in total. The fourth-order valence-corrected chi connectivity index (χ4v) is 4.87. The van der Waals surface area contributed by atoms with Crippen molar-refractivity contribution in [2.24, 2.45) is 5.92 Å². The number of hydrogen-bond acceptors (Lipinski definition) is 4. The Balaban J connectivity index is 1.57. The predicted octanol–water partition coefficient (Wildman–Crippen LogP) is 3.53.